The van der Waals surface area contributed by atoms with Crippen molar-refractivity contribution in [2.45, 2.75) is 12.3 Å². The molecule has 2 heterocycles. The molecule has 1 aliphatic heterocycles. The van der Waals surface area contributed by atoms with Crippen molar-refractivity contribution in [3.05, 3.63) is 71.9 Å². The maximum Gasteiger partial charge on any atom is 0.226 e. The number of phenolic OH excluding ortho intramolecular Hbond substituents is 1. The Kier molecular flexibility index (Phi) is 3.30. The molecule has 3 aromatic rings. The number of phenols is 1. The van der Waals surface area contributed by atoms with Gasteiger partial charge in [-0.05, 0) is 42.0 Å². The first kappa shape index (κ1) is 14.4. The fourth-order valence-corrected chi connectivity index (χ4v) is 3.04. The fourth-order valence-electron chi connectivity index (χ4n) is 3.04. The Morgan fingerprint density at radius 1 is 1.12 bits per heavy atom. The number of aromatic hydroxyl groups is 1. The summed E-state index contributed by atoms with van der Waals surface area (Å²) in [6.45, 7) is 0. The molecule has 0 aliphatic carbocycles. The van der Waals surface area contributed by atoms with Gasteiger partial charge < -0.3 is 15.0 Å². The average molecular weight is 323 g/mol. The lowest BCUT2D eigenvalue weighted by Gasteiger charge is -2.24. The van der Waals surface area contributed by atoms with Gasteiger partial charge in [0, 0.05) is 18.0 Å². The first-order valence-electron chi connectivity index (χ1n) is 7.54. The van der Waals surface area contributed by atoms with Crippen LogP contribution in [-0.2, 0) is 4.79 Å². The second-order valence-corrected chi connectivity index (χ2v) is 5.72. The zero-order valence-corrected chi connectivity index (χ0v) is 12.6. The normalized spacial score (nSPS) is 16.5. The van der Waals surface area contributed by atoms with Gasteiger partial charge in [-0.25, -0.2) is 9.37 Å². The first-order chi connectivity index (χ1) is 11.6. The van der Waals surface area contributed by atoms with E-state index in [1.807, 2.05) is 4.57 Å². The summed E-state index contributed by atoms with van der Waals surface area (Å²) in [5.41, 5.74) is 2.52. The third-order valence-corrected chi connectivity index (χ3v) is 4.18. The van der Waals surface area contributed by atoms with Gasteiger partial charge in [-0.3, -0.25) is 4.79 Å². The van der Waals surface area contributed by atoms with Gasteiger partial charge in [0.25, 0.3) is 0 Å². The predicted molar refractivity (Wildman–Crippen MR) is 86.7 cm³/mol. The highest BCUT2D eigenvalue weighted by molar-refractivity contribution is 5.94. The summed E-state index contributed by atoms with van der Waals surface area (Å²) >= 11 is 0. The van der Waals surface area contributed by atoms with E-state index in [4.69, 9.17) is 0 Å². The molecule has 0 saturated carbocycles. The number of fused-ring (bicyclic) bond motifs is 1. The lowest BCUT2D eigenvalue weighted by Crippen LogP contribution is -2.25. The largest absolute Gasteiger partial charge is 0.508 e. The van der Waals surface area contributed by atoms with Gasteiger partial charge in [0.1, 0.15) is 17.9 Å². The number of imidazole rings is 1. The van der Waals surface area contributed by atoms with E-state index in [1.165, 1.54) is 12.1 Å². The molecule has 4 rings (SSSR count). The van der Waals surface area contributed by atoms with Crippen molar-refractivity contribution in [2.75, 3.05) is 5.32 Å². The van der Waals surface area contributed by atoms with Crippen molar-refractivity contribution in [3.8, 4) is 11.4 Å². The lowest BCUT2D eigenvalue weighted by atomic mass is 9.89. The Hall–Kier alpha value is -3.15. The number of carbonyl (C=O) groups is 1. The number of anilines is 1. The molecule has 0 bridgehead atoms. The number of hydrogen-bond acceptors (Lipinski definition) is 3. The summed E-state index contributed by atoms with van der Waals surface area (Å²) in [7, 11) is 0. The minimum absolute atomic E-state index is 0.107. The van der Waals surface area contributed by atoms with Crippen LogP contribution in [0.3, 0.4) is 0 Å². The van der Waals surface area contributed by atoms with Crippen LogP contribution in [0.5, 0.6) is 5.75 Å². The number of benzene rings is 2. The number of halogens is 1. The van der Waals surface area contributed by atoms with Gasteiger partial charge >= 0.3 is 0 Å². The summed E-state index contributed by atoms with van der Waals surface area (Å²) in [5, 5.41) is 12.3. The van der Waals surface area contributed by atoms with Crippen LogP contribution in [-0.4, -0.2) is 20.6 Å². The molecule has 0 radical (unpaired) electrons. The molecule has 120 valence electrons. The minimum atomic E-state index is -0.309. The molecule has 0 unspecified atom stereocenters. The molecule has 1 amide bonds. The number of aromatic nitrogens is 2. The van der Waals surface area contributed by atoms with Gasteiger partial charge in [-0.2, -0.15) is 0 Å². The van der Waals surface area contributed by atoms with E-state index in [0.717, 1.165) is 16.9 Å². The Bertz CT molecular complexity index is 901. The van der Waals surface area contributed by atoms with E-state index in [9.17, 15) is 14.3 Å². The first-order valence-corrected chi connectivity index (χ1v) is 7.54. The van der Waals surface area contributed by atoms with Crippen LogP contribution in [0.4, 0.5) is 10.2 Å². The lowest BCUT2D eigenvalue weighted by molar-refractivity contribution is -0.116. The highest BCUT2D eigenvalue weighted by Crippen LogP contribution is 2.38. The maximum atomic E-state index is 13.2. The molecule has 0 fully saturated rings. The number of amides is 1. The third kappa shape index (κ3) is 2.42. The average Bonchev–Trinajstić information content (AvgIpc) is 2.99. The van der Waals surface area contributed by atoms with Gasteiger partial charge in [0.05, 0.1) is 5.69 Å². The molecule has 0 spiro atoms. The van der Waals surface area contributed by atoms with Crippen molar-refractivity contribution < 1.29 is 14.3 Å². The van der Waals surface area contributed by atoms with Crippen LogP contribution in [0.2, 0.25) is 0 Å². The van der Waals surface area contributed by atoms with Crippen LogP contribution in [0.1, 0.15) is 23.6 Å². The Balaban J connectivity index is 1.85. The highest BCUT2D eigenvalue weighted by atomic mass is 19.1. The standard InChI is InChI=1S/C18H14FN3O2/c19-12-3-5-13(6-4-12)22-10-20-18-17(22)15(9-16(24)21-18)11-1-7-14(23)8-2-11/h1-8,10,15,23H,9H2,(H,21,24)/t15-/m1/s1. The molecule has 24 heavy (non-hydrogen) atoms. The molecule has 2 N–H and O–H groups in total. The topological polar surface area (TPSA) is 67.1 Å². The fraction of sp³-hybridized carbons (Fsp3) is 0.111. The molecular weight excluding hydrogens is 309 g/mol. The van der Waals surface area contributed by atoms with E-state index in [2.05, 4.69) is 10.3 Å². The molecule has 1 aromatic heterocycles. The maximum absolute atomic E-state index is 13.2. The SMILES string of the molecule is O=C1C[C@H](c2ccc(O)cc2)c2c(ncn2-c2ccc(F)cc2)N1. The van der Waals surface area contributed by atoms with E-state index in [0.29, 0.717) is 5.82 Å². The van der Waals surface area contributed by atoms with Crippen molar-refractivity contribution in [1.29, 1.82) is 0 Å². The van der Waals surface area contributed by atoms with Gasteiger partial charge in [0.15, 0.2) is 5.82 Å². The molecule has 1 aliphatic rings. The monoisotopic (exact) mass is 323 g/mol. The number of hydrogen-bond donors (Lipinski definition) is 2. The van der Waals surface area contributed by atoms with Crippen LogP contribution in [0.15, 0.2) is 54.9 Å². The Morgan fingerprint density at radius 2 is 1.83 bits per heavy atom. The van der Waals surface area contributed by atoms with Gasteiger partial charge in [-0.1, -0.05) is 12.1 Å². The van der Waals surface area contributed by atoms with E-state index in [-0.39, 0.29) is 29.8 Å². The Morgan fingerprint density at radius 3 is 2.54 bits per heavy atom. The van der Waals surface area contributed by atoms with Crippen LogP contribution < -0.4 is 5.32 Å². The van der Waals surface area contributed by atoms with Gasteiger partial charge in [-0.15, -0.1) is 0 Å². The number of carbonyl (C=O) groups excluding carboxylic acids is 1. The van der Waals surface area contributed by atoms with Crippen molar-refractivity contribution in [3.63, 3.8) is 0 Å². The summed E-state index contributed by atoms with van der Waals surface area (Å²) in [4.78, 5) is 16.3. The number of nitrogens with zero attached hydrogens (tertiary/aromatic N) is 2. The summed E-state index contributed by atoms with van der Waals surface area (Å²) in [6.07, 6.45) is 1.90. The molecule has 6 heteroatoms. The van der Waals surface area contributed by atoms with Crippen LogP contribution in [0.25, 0.3) is 5.69 Å². The van der Waals surface area contributed by atoms with Crippen molar-refractivity contribution in [1.82, 2.24) is 9.55 Å². The zero-order chi connectivity index (χ0) is 16.7. The third-order valence-electron chi connectivity index (χ3n) is 4.18. The highest BCUT2D eigenvalue weighted by Gasteiger charge is 2.31. The second-order valence-electron chi connectivity index (χ2n) is 5.72. The minimum Gasteiger partial charge on any atom is -0.508 e. The molecular formula is C18H14FN3O2. The molecule has 0 saturated heterocycles. The van der Waals surface area contributed by atoms with Crippen LogP contribution >= 0.6 is 0 Å². The quantitative estimate of drug-likeness (QED) is 0.761. The van der Waals surface area contributed by atoms with E-state index in [1.54, 1.807) is 42.7 Å². The predicted octanol–water partition coefficient (Wildman–Crippen LogP) is 3.19. The Labute approximate surface area is 137 Å². The smallest absolute Gasteiger partial charge is 0.226 e. The molecule has 1 atom stereocenters. The van der Waals surface area contributed by atoms with Gasteiger partial charge in [0.2, 0.25) is 5.91 Å². The van der Waals surface area contributed by atoms with Crippen molar-refractivity contribution >= 4 is 11.7 Å². The zero-order valence-electron chi connectivity index (χ0n) is 12.6. The molecule has 2 aromatic carbocycles. The van der Waals surface area contributed by atoms with Crippen molar-refractivity contribution in [2.24, 2.45) is 0 Å². The summed E-state index contributed by atoms with van der Waals surface area (Å²) < 4.78 is 15.0. The van der Waals surface area contributed by atoms with Crippen LogP contribution in [0, 0.1) is 5.82 Å². The number of rotatable bonds is 2. The van der Waals surface area contributed by atoms with E-state index < -0.39 is 0 Å². The molecule has 5 nitrogen and oxygen atoms in total. The summed E-state index contributed by atoms with van der Waals surface area (Å²) in [5.74, 6) is 0.0721. The second kappa shape index (κ2) is 5.49. The summed E-state index contributed by atoms with van der Waals surface area (Å²) in [6, 6.07) is 12.9. The van der Waals surface area contributed by atoms with E-state index >= 15 is 0 Å². The number of nitrogens with one attached hydrogen (secondary N) is 1.